The zero-order valence-electron chi connectivity index (χ0n) is 10.3. The Morgan fingerprint density at radius 2 is 2.18 bits per heavy atom. The molecule has 0 aliphatic carbocycles. The van der Waals surface area contributed by atoms with Crippen LogP contribution in [0.3, 0.4) is 0 Å². The molecule has 0 saturated carbocycles. The molecule has 17 heavy (non-hydrogen) atoms. The van der Waals surface area contributed by atoms with Gasteiger partial charge >= 0.3 is 0 Å². The lowest BCUT2D eigenvalue weighted by molar-refractivity contribution is 0.483. The van der Waals surface area contributed by atoms with Crippen LogP contribution in [0.4, 0.5) is 0 Å². The molecule has 0 bridgehead atoms. The molecule has 0 unspecified atom stereocenters. The van der Waals surface area contributed by atoms with E-state index in [1.54, 1.807) is 0 Å². The summed E-state index contributed by atoms with van der Waals surface area (Å²) >= 11 is 0. The van der Waals surface area contributed by atoms with Gasteiger partial charge < -0.3 is 10.7 Å². The van der Waals surface area contributed by atoms with Gasteiger partial charge in [0, 0.05) is 18.4 Å². The molecule has 100 valence electrons. The summed E-state index contributed by atoms with van der Waals surface area (Å²) in [6.07, 6.45) is 5.56. The number of aromatic amines is 1. The minimum absolute atomic E-state index is 0.0289. The Morgan fingerprint density at radius 3 is 2.47 bits per heavy atom. The third-order valence-corrected chi connectivity index (χ3v) is 2.68. The minimum atomic E-state index is -3.80. The first-order valence-electron chi connectivity index (χ1n) is 5.54. The Kier molecular flexibility index (Phi) is 7.77. The minimum Gasteiger partial charge on any atom is -0.346 e. The lowest BCUT2D eigenvalue weighted by atomic mass is 10.2. The highest BCUT2D eigenvalue weighted by molar-refractivity contribution is 7.85. The molecule has 0 aromatic carbocycles. The Bertz CT molecular complexity index is 401. The first-order valence-corrected chi connectivity index (χ1v) is 7.15. The van der Waals surface area contributed by atoms with Crippen molar-refractivity contribution in [3.05, 3.63) is 17.7 Å². The van der Waals surface area contributed by atoms with Gasteiger partial charge in [0.25, 0.3) is 10.1 Å². The molecular weight excluding hydrogens is 242 g/mol. The first-order chi connectivity index (χ1) is 7.89. The molecule has 0 atom stereocenters. The fourth-order valence-corrected chi connectivity index (χ4v) is 1.41. The number of imidazole rings is 1. The number of nitrogens with one attached hydrogen (secondary N) is 1. The van der Waals surface area contributed by atoms with Crippen molar-refractivity contribution in [3.63, 3.8) is 0 Å². The molecule has 6 nitrogen and oxygen atoms in total. The highest BCUT2D eigenvalue weighted by atomic mass is 32.2. The van der Waals surface area contributed by atoms with Gasteiger partial charge in [0.15, 0.2) is 0 Å². The van der Waals surface area contributed by atoms with Crippen molar-refractivity contribution in [2.24, 2.45) is 5.73 Å². The SMILES string of the molecule is CCCCc1cnc(C)[nH]1.NCCS(=O)(=O)O. The van der Waals surface area contributed by atoms with E-state index in [1.807, 2.05) is 13.1 Å². The van der Waals surface area contributed by atoms with Crippen LogP contribution in [0.25, 0.3) is 0 Å². The van der Waals surface area contributed by atoms with E-state index in [1.165, 1.54) is 18.5 Å². The van der Waals surface area contributed by atoms with Crippen molar-refractivity contribution in [1.29, 1.82) is 0 Å². The molecule has 1 aromatic rings. The Morgan fingerprint density at radius 1 is 1.53 bits per heavy atom. The summed E-state index contributed by atoms with van der Waals surface area (Å²) in [6, 6.07) is 0. The van der Waals surface area contributed by atoms with E-state index >= 15 is 0 Å². The van der Waals surface area contributed by atoms with E-state index < -0.39 is 10.1 Å². The maximum atomic E-state index is 9.71. The summed E-state index contributed by atoms with van der Waals surface area (Å²) in [5.41, 5.74) is 6.04. The maximum Gasteiger partial charge on any atom is 0.266 e. The zero-order chi connectivity index (χ0) is 13.3. The van der Waals surface area contributed by atoms with Crippen LogP contribution in [0.15, 0.2) is 6.20 Å². The quantitative estimate of drug-likeness (QED) is 0.684. The summed E-state index contributed by atoms with van der Waals surface area (Å²) in [6.45, 7) is 4.15. The molecule has 7 heteroatoms. The van der Waals surface area contributed by atoms with E-state index in [4.69, 9.17) is 10.3 Å². The number of rotatable bonds is 5. The third kappa shape index (κ3) is 9.98. The summed E-state index contributed by atoms with van der Waals surface area (Å²) in [5.74, 6) is 0.665. The van der Waals surface area contributed by atoms with Crippen LogP contribution >= 0.6 is 0 Å². The lowest BCUT2D eigenvalue weighted by Gasteiger charge is -1.91. The van der Waals surface area contributed by atoms with E-state index in [2.05, 4.69) is 16.9 Å². The summed E-state index contributed by atoms with van der Waals surface area (Å²) < 4.78 is 27.3. The second-order valence-electron chi connectivity index (χ2n) is 3.67. The Balaban J connectivity index is 0.000000325. The van der Waals surface area contributed by atoms with Crippen molar-refractivity contribution in [3.8, 4) is 0 Å². The first kappa shape index (κ1) is 16.1. The van der Waals surface area contributed by atoms with E-state index in [0.717, 1.165) is 12.2 Å². The normalized spacial score (nSPS) is 10.8. The molecule has 1 aromatic heterocycles. The van der Waals surface area contributed by atoms with Crippen LogP contribution in [0.5, 0.6) is 0 Å². The van der Waals surface area contributed by atoms with Crippen molar-refractivity contribution < 1.29 is 13.0 Å². The number of nitrogens with zero attached hydrogens (tertiary/aromatic N) is 1. The highest BCUT2D eigenvalue weighted by Gasteiger charge is 1.98. The van der Waals surface area contributed by atoms with Gasteiger partial charge in [0.2, 0.25) is 0 Å². The second kappa shape index (κ2) is 8.21. The standard InChI is InChI=1S/C8H14N2.C2H7NO3S/c1-3-4-5-8-6-9-7(2)10-8;3-1-2-7(4,5)6/h6H,3-5H2,1-2H3,(H,9,10);1-3H2,(H,4,5,6). The van der Waals surface area contributed by atoms with Crippen molar-refractivity contribution in [2.45, 2.75) is 33.1 Å². The second-order valence-corrected chi connectivity index (χ2v) is 5.24. The zero-order valence-corrected chi connectivity index (χ0v) is 11.1. The summed E-state index contributed by atoms with van der Waals surface area (Å²) in [4.78, 5) is 7.31. The molecule has 1 rings (SSSR count). The average molecular weight is 263 g/mol. The molecule has 0 saturated heterocycles. The van der Waals surface area contributed by atoms with E-state index in [-0.39, 0.29) is 12.3 Å². The molecule has 0 fully saturated rings. The fourth-order valence-electron chi connectivity index (χ4n) is 1.11. The smallest absolute Gasteiger partial charge is 0.266 e. The van der Waals surface area contributed by atoms with Gasteiger partial charge in [-0.2, -0.15) is 8.42 Å². The van der Waals surface area contributed by atoms with Crippen LogP contribution < -0.4 is 5.73 Å². The van der Waals surface area contributed by atoms with Gasteiger partial charge in [-0.3, -0.25) is 4.55 Å². The third-order valence-electron chi connectivity index (χ3n) is 1.93. The van der Waals surface area contributed by atoms with E-state index in [0.29, 0.717) is 0 Å². The van der Waals surface area contributed by atoms with Gasteiger partial charge in [-0.05, 0) is 19.8 Å². The van der Waals surface area contributed by atoms with Gasteiger partial charge in [-0.1, -0.05) is 13.3 Å². The molecule has 0 radical (unpaired) electrons. The molecule has 0 amide bonds. The summed E-state index contributed by atoms with van der Waals surface area (Å²) in [7, 11) is -3.80. The van der Waals surface area contributed by atoms with Crippen LogP contribution in [-0.4, -0.2) is 35.2 Å². The fraction of sp³-hybridized carbons (Fsp3) is 0.700. The van der Waals surface area contributed by atoms with Crippen LogP contribution in [0, 0.1) is 6.92 Å². The molecule has 1 heterocycles. The number of aryl methyl sites for hydroxylation is 2. The molecular formula is C10H21N3O3S. The van der Waals surface area contributed by atoms with Gasteiger partial charge in [0.1, 0.15) is 5.82 Å². The lowest BCUT2D eigenvalue weighted by Crippen LogP contribution is -2.13. The number of aromatic nitrogens is 2. The van der Waals surface area contributed by atoms with Crippen molar-refractivity contribution in [2.75, 3.05) is 12.3 Å². The maximum absolute atomic E-state index is 9.71. The number of nitrogens with two attached hydrogens (primary N) is 1. The predicted molar refractivity (Wildman–Crippen MR) is 67.4 cm³/mol. The number of H-pyrrole nitrogens is 1. The van der Waals surface area contributed by atoms with Gasteiger partial charge in [0.05, 0.1) is 5.75 Å². The predicted octanol–water partition coefficient (Wildman–Crippen LogP) is 0.894. The number of unbranched alkanes of at least 4 members (excludes halogenated alkanes) is 1. The number of hydrogen-bond donors (Lipinski definition) is 3. The van der Waals surface area contributed by atoms with Crippen LogP contribution in [-0.2, 0) is 16.5 Å². The molecule has 0 aliphatic heterocycles. The monoisotopic (exact) mass is 263 g/mol. The highest BCUT2D eigenvalue weighted by Crippen LogP contribution is 2.01. The molecule has 0 spiro atoms. The van der Waals surface area contributed by atoms with Crippen molar-refractivity contribution >= 4 is 10.1 Å². The topological polar surface area (TPSA) is 109 Å². The van der Waals surface area contributed by atoms with E-state index in [9.17, 15) is 8.42 Å². The largest absolute Gasteiger partial charge is 0.346 e. The Hall–Kier alpha value is -0.920. The molecule has 4 N–H and O–H groups in total. The van der Waals surface area contributed by atoms with Gasteiger partial charge in [-0.25, -0.2) is 4.98 Å². The Labute approximate surface area is 102 Å². The van der Waals surface area contributed by atoms with Crippen LogP contribution in [0.1, 0.15) is 31.3 Å². The number of hydrogen-bond acceptors (Lipinski definition) is 4. The molecule has 0 aliphatic rings. The van der Waals surface area contributed by atoms with Gasteiger partial charge in [-0.15, -0.1) is 0 Å². The average Bonchev–Trinajstić information content (AvgIpc) is 2.60. The summed E-state index contributed by atoms with van der Waals surface area (Å²) in [5, 5.41) is 0. The van der Waals surface area contributed by atoms with Crippen LogP contribution in [0.2, 0.25) is 0 Å². The van der Waals surface area contributed by atoms with Crippen molar-refractivity contribution in [1.82, 2.24) is 9.97 Å².